The number of aromatic amines is 1. The van der Waals surface area contributed by atoms with Crippen molar-refractivity contribution in [2.75, 3.05) is 18.9 Å². The second-order valence-corrected chi connectivity index (χ2v) is 14.7. The van der Waals surface area contributed by atoms with E-state index in [0.29, 0.717) is 11.2 Å². The first-order valence-corrected chi connectivity index (χ1v) is 17.3. The number of fused-ring (bicyclic) bond motifs is 6. The lowest BCUT2D eigenvalue weighted by Crippen LogP contribution is -2.32. The van der Waals surface area contributed by atoms with E-state index in [-0.39, 0.29) is 41.8 Å². The van der Waals surface area contributed by atoms with Crippen molar-refractivity contribution in [1.29, 1.82) is 0 Å². The lowest BCUT2D eigenvalue weighted by atomic mass is 10.1. The fraction of sp³-hybridized carbons (Fsp3) is 0.400. The maximum Gasteiger partial charge on any atom is 0.387 e. The molecule has 222 valence electrons. The summed E-state index contributed by atoms with van der Waals surface area (Å²) in [5.74, 6) is -0.0467. The monoisotopic (exact) mass is 659 g/mol. The molecular weight excluding hydrogens is 639 g/mol. The standard InChI is InChI=1S/C20H20FN9O8P2S2/c1-23-9-4-10-16(24-5-9)29-2-3-34-39(32,41)35-6-11-13(21)15(38-40(33,42)36-7-12(29)26-10)19(37-11)30-8-25-14-17(30)27-20(22)28-18(14)31/h4-5,8,11,13,15,19H,2-3,6-7H2,(H,32,41)(H,33,42)(H3,22,27,28,31)/t11-,13-,15-,19-,39?,40?/m1/s1. The van der Waals surface area contributed by atoms with Crippen molar-refractivity contribution in [2.45, 2.75) is 37.8 Å². The Morgan fingerprint density at radius 1 is 1.29 bits per heavy atom. The number of rotatable bonds is 1. The summed E-state index contributed by atoms with van der Waals surface area (Å²) in [6.45, 7) is -2.16. The average Bonchev–Trinajstić information content (AvgIpc) is 3.59. The molecular formula is C20H20FN9O8P2S2. The Balaban J connectivity index is 1.38. The zero-order valence-electron chi connectivity index (χ0n) is 21.0. The highest BCUT2D eigenvalue weighted by molar-refractivity contribution is 8.44. The minimum Gasteiger partial charge on any atom is -0.369 e. The lowest BCUT2D eigenvalue weighted by molar-refractivity contribution is -0.0453. The molecule has 22 heteroatoms. The first kappa shape index (κ1) is 29.3. The third-order valence-electron chi connectivity index (χ3n) is 6.35. The zero-order valence-corrected chi connectivity index (χ0v) is 24.5. The zero-order chi connectivity index (χ0) is 29.8. The molecule has 1 fully saturated rings. The Bertz CT molecular complexity index is 1900. The summed E-state index contributed by atoms with van der Waals surface area (Å²) in [7, 11) is 0. The number of nitrogen functional groups attached to an aromatic ring is 1. The Morgan fingerprint density at radius 3 is 2.88 bits per heavy atom. The van der Waals surface area contributed by atoms with E-state index in [2.05, 4.69) is 42.0 Å². The number of pyridine rings is 1. The molecule has 4 aromatic rings. The largest absolute Gasteiger partial charge is 0.387 e. The first-order chi connectivity index (χ1) is 19.9. The highest BCUT2D eigenvalue weighted by atomic mass is 32.7. The van der Waals surface area contributed by atoms with E-state index in [0.717, 1.165) is 6.33 Å². The van der Waals surface area contributed by atoms with Crippen LogP contribution in [0.3, 0.4) is 0 Å². The number of imidazole rings is 2. The third kappa shape index (κ3) is 5.61. The Hall–Kier alpha value is -2.82. The number of hydrogen-bond acceptors (Lipinski definition) is 13. The number of ether oxygens (including phenoxy) is 1. The maximum atomic E-state index is 15.8. The quantitative estimate of drug-likeness (QED) is 0.131. The second kappa shape index (κ2) is 11.0. The summed E-state index contributed by atoms with van der Waals surface area (Å²) < 4.78 is 59.7. The molecule has 2 aliphatic rings. The lowest BCUT2D eigenvalue weighted by Gasteiger charge is -2.24. The molecule has 0 aliphatic carbocycles. The molecule has 2 bridgehead atoms. The Labute approximate surface area is 244 Å². The van der Waals surface area contributed by atoms with Crippen molar-refractivity contribution in [1.82, 2.24) is 34.1 Å². The second-order valence-electron chi connectivity index (χ2n) is 9.02. The minimum absolute atomic E-state index is 0.0545. The molecule has 0 saturated carbocycles. The van der Waals surface area contributed by atoms with E-state index in [1.54, 1.807) is 4.57 Å². The van der Waals surface area contributed by atoms with Crippen LogP contribution in [-0.4, -0.2) is 70.5 Å². The predicted molar refractivity (Wildman–Crippen MR) is 150 cm³/mol. The molecule has 0 aromatic carbocycles. The van der Waals surface area contributed by atoms with Gasteiger partial charge in [0.05, 0.1) is 31.6 Å². The van der Waals surface area contributed by atoms with Crippen molar-refractivity contribution in [2.24, 2.45) is 0 Å². The van der Waals surface area contributed by atoms with Crippen molar-refractivity contribution in [3.63, 3.8) is 0 Å². The average molecular weight is 660 g/mol. The summed E-state index contributed by atoms with van der Waals surface area (Å²) in [6.07, 6.45) is -4.01. The van der Waals surface area contributed by atoms with Crippen LogP contribution in [0.2, 0.25) is 0 Å². The predicted octanol–water partition coefficient (Wildman–Crippen LogP) is 2.14. The van der Waals surface area contributed by atoms with E-state index in [1.807, 2.05) is 0 Å². The molecule has 0 spiro atoms. The molecule has 4 N–H and O–H groups in total. The van der Waals surface area contributed by atoms with Crippen LogP contribution in [0.1, 0.15) is 12.1 Å². The van der Waals surface area contributed by atoms with Crippen LogP contribution in [0, 0.1) is 6.57 Å². The van der Waals surface area contributed by atoms with Crippen LogP contribution in [0.25, 0.3) is 27.2 Å². The Kier molecular flexibility index (Phi) is 7.68. The van der Waals surface area contributed by atoms with Gasteiger partial charge in [-0.3, -0.25) is 23.4 Å². The molecule has 0 amide bonds. The van der Waals surface area contributed by atoms with Crippen molar-refractivity contribution in [3.05, 3.63) is 46.2 Å². The van der Waals surface area contributed by atoms with Crippen LogP contribution in [-0.2, 0) is 52.4 Å². The molecule has 6 atom stereocenters. The number of thiol groups is 1. The van der Waals surface area contributed by atoms with Gasteiger partial charge in [0.25, 0.3) is 5.56 Å². The van der Waals surface area contributed by atoms with Crippen molar-refractivity contribution < 1.29 is 36.7 Å². The molecule has 4 aromatic heterocycles. The molecule has 2 aliphatic heterocycles. The van der Waals surface area contributed by atoms with E-state index in [9.17, 15) is 14.3 Å². The fourth-order valence-corrected chi connectivity index (χ4v) is 7.02. The normalized spacial score (nSPS) is 30.9. The van der Waals surface area contributed by atoms with Crippen LogP contribution in [0.5, 0.6) is 0 Å². The molecule has 42 heavy (non-hydrogen) atoms. The number of nitrogens with zero attached hydrogens (tertiary/aromatic N) is 7. The highest BCUT2D eigenvalue weighted by Gasteiger charge is 2.51. The van der Waals surface area contributed by atoms with Crippen LogP contribution < -0.4 is 11.3 Å². The van der Waals surface area contributed by atoms with Crippen LogP contribution in [0.15, 0.2) is 23.4 Å². The van der Waals surface area contributed by atoms with Gasteiger partial charge in [-0.15, -0.1) is 0 Å². The summed E-state index contributed by atoms with van der Waals surface area (Å²) in [6, 6.07) is 1.50. The van der Waals surface area contributed by atoms with Gasteiger partial charge in [0.2, 0.25) is 11.6 Å². The summed E-state index contributed by atoms with van der Waals surface area (Å²) >= 11 is 9.14. The van der Waals surface area contributed by atoms with Gasteiger partial charge in [-0.25, -0.2) is 28.8 Å². The van der Waals surface area contributed by atoms with Crippen LogP contribution in [0.4, 0.5) is 16.0 Å². The van der Waals surface area contributed by atoms with Crippen molar-refractivity contribution in [3.8, 4) is 0 Å². The smallest absolute Gasteiger partial charge is 0.369 e. The molecule has 2 unspecified atom stereocenters. The SMILES string of the molecule is [C-]#[N+]c1cnc2c(c1)nc1n2CCOP(O)(=S)OC[C@H]2O[C@@H](n3cnc4c(=O)[nH]c(N)nc43)[C@H](OP(=O)(S)OC1)[C@@H]2F. The van der Waals surface area contributed by atoms with E-state index in [4.69, 9.17) is 46.9 Å². The minimum atomic E-state index is -4.35. The number of hydrogen-bond donors (Lipinski definition) is 4. The molecule has 1 saturated heterocycles. The number of halogens is 1. The number of anilines is 1. The third-order valence-corrected chi connectivity index (χ3v) is 9.56. The highest BCUT2D eigenvalue weighted by Crippen LogP contribution is 2.58. The maximum absolute atomic E-state index is 15.8. The fourth-order valence-electron chi connectivity index (χ4n) is 4.52. The van der Waals surface area contributed by atoms with Gasteiger partial charge >= 0.3 is 13.5 Å². The number of nitrogens with one attached hydrogen (secondary N) is 1. The van der Waals surface area contributed by atoms with Gasteiger partial charge in [0, 0.05) is 12.7 Å². The molecule has 0 radical (unpaired) electrons. The van der Waals surface area contributed by atoms with Crippen LogP contribution >= 0.6 is 25.8 Å². The topological polar surface area (TPSA) is 208 Å². The van der Waals surface area contributed by atoms with Gasteiger partial charge in [0.1, 0.15) is 24.6 Å². The summed E-state index contributed by atoms with van der Waals surface area (Å²) in [4.78, 5) is 45.3. The van der Waals surface area contributed by atoms with Gasteiger partial charge in [0.15, 0.2) is 29.2 Å². The number of aromatic nitrogens is 7. The van der Waals surface area contributed by atoms with Gasteiger partial charge < -0.3 is 29.0 Å². The van der Waals surface area contributed by atoms with E-state index in [1.165, 1.54) is 16.8 Å². The van der Waals surface area contributed by atoms with E-state index < -0.39 is 56.9 Å². The van der Waals surface area contributed by atoms with E-state index >= 15 is 4.39 Å². The molecule has 17 nitrogen and oxygen atoms in total. The van der Waals surface area contributed by atoms with Gasteiger partial charge in [-0.1, -0.05) is 12.2 Å². The first-order valence-electron chi connectivity index (χ1n) is 12.0. The summed E-state index contributed by atoms with van der Waals surface area (Å²) in [5, 5.41) is 0. The summed E-state index contributed by atoms with van der Waals surface area (Å²) in [5.41, 5.74) is 5.76. The molecule has 6 rings (SSSR count). The molecule has 6 heterocycles. The number of alkyl halides is 1. The van der Waals surface area contributed by atoms with Crippen molar-refractivity contribution >= 4 is 71.5 Å². The number of nitrogens with two attached hydrogens (primary N) is 1. The van der Waals surface area contributed by atoms with Gasteiger partial charge in [-0.05, 0) is 17.9 Å². The van der Waals surface area contributed by atoms with Gasteiger partial charge in [-0.2, -0.15) is 4.98 Å². The Morgan fingerprint density at radius 2 is 2.10 bits per heavy atom. The number of H-pyrrole nitrogens is 1.